The zero-order valence-corrected chi connectivity index (χ0v) is 20.4. The van der Waals surface area contributed by atoms with Crippen molar-refractivity contribution in [2.24, 2.45) is 52.3 Å². The molecule has 0 bridgehead atoms. The monoisotopic (exact) mass is 432 g/mol. The summed E-state index contributed by atoms with van der Waals surface area (Å²) in [5, 5.41) is 10.4. The molecule has 0 heterocycles. The molecule has 0 spiro atoms. The van der Waals surface area contributed by atoms with E-state index in [9.17, 15) is 14.7 Å². The lowest BCUT2D eigenvalue weighted by Gasteiger charge is -2.62. The lowest BCUT2D eigenvalue weighted by Crippen LogP contribution is -2.60. The van der Waals surface area contributed by atoms with Crippen LogP contribution in [0.5, 0.6) is 0 Å². The molecule has 4 rings (SSSR count). The number of hydrogen-bond donors (Lipinski definition) is 1. The second-order valence-electron chi connectivity index (χ2n) is 12.0. The first-order valence-corrected chi connectivity index (χ1v) is 13.0. The number of methoxy groups -OCH3 is 1. The fourth-order valence-electron chi connectivity index (χ4n) is 9.26. The van der Waals surface area contributed by atoms with Gasteiger partial charge in [-0.1, -0.05) is 27.7 Å². The van der Waals surface area contributed by atoms with Crippen molar-refractivity contribution in [1.82, 2.24) is 0 Å². The molecule has 4 aliphatic rings. The Morgan fingerprint density at radius 3 is 2.45 bits per heavy atom. The van der Waals surface area contributed by atoms with Crippen LogP contribution < -0.4 is 0 Å². The number of carbonyl (C=O) groups is 2. The molecule has 0 aromatic heterocycles. The number of ether oxygens (including phenoxy) is 1. The Bertz CT molecular complexity index is 703. The summed E-state index contributed by atoms with van der Waals surface area (Å²) in [6, 6.07) is 0. The number of carbonyl (C=O) groups excluding carboxylic acids is 2. The predicted molar refractivity (Wildman–Crippen MR) is 121 cm³/mol. The SMILES string of the molecule is CC[C@@H]1C(=O)C2C(CC[C@@]3(C)[C@@H]2CC[C@@H]3[C@H](C)CCC(=O)OC)[C@@]2(C)CC[C@@H](O)C[C@@H]12. The summed E-state index contributed by atoms with van der Waals surface area (Å²) in [5.41, 5.74) is 0.413. The van der Waals surface area contributed by atoms with Gasteiger partial charge in [0.25, 0.3) is 0 Å². The first-order chi connectivity index (χ1) is 14.7. The van der Waals surface area contributed by atoms with Gasteiger partial charge in [-0.15, -0.1) is 0 Å². The molecule has 2 unspecified atom stereocenters. The maximum Gasteiger partial charge on any atom is 0.305 e. The maximum absolute atomic E-state index is 14.0. The number of esters is 1. The van der Waals surface area contributed by atoms with E-state index in [1.54, 1.807) is 0 Å². The van der Waals surface area contributed by atoms with E-state index in [4.69, 9.17) is 4.74 Å². The van der Waals surface area contributed by atoms with E-state index in [1.807, 2.05) is 0 Å². The Hall–Kier alpha value is -0.900. The average molecular weight is 433 g/mol. The molecule has 176 valence electrons. The van der Waals surface area contributed by atoms with Gasteiger partial charge < -0.3 is 9.84 Å². The Kier molecular flexibility index (Phi) is 6.35. The lowest BCUT2D eigenvalue weighted by molar-refractivity contribution is -0.173. The third-order valence-electron chi connectivity index (χ3n) is 10.9. The summed E-state index contributed by atoms with van der Waals surface area (Å²) in [6.07, 6.45) is 9.59. The van der Waals surface area contributed by atoms with Crippen LogP contribution in [-0.4, -0.2) is 30.1 Å². The van der Waals surface area contributed by atoms with Gasteiger partial charge in [0.1, 0.15) is 5.78 Å². The van der Waals surface area contributed by atoms with Gasteiger partial charge in [0.2, 0.25) is 0 Å². The molecule has 4 saturated carbocycles. The van der Waals surface area contributed by atoms with Crippen molar-refractivity contribution in [3.63, 3.8) is 0 Å². The Morgan fingerprint density at radius 2 is 1.77 bits per heavy atom. The standard InChI is InChI=1S/C27H44O4/c1-6-18-22-15-17(28)11-13-27(22,4)21-12-14-26(3)19(16(2)7-10-23(29)31-5)8-9-20(26)24(21)25(18)30/h16-22,24,28H,6-15H2,1-5H3/t16-,17-,18+,19-,20-,21?,22+,24?,26-,27-/m1/s1. The molecular formula is C27H44O4. The van der Waals surface area contributed by atoms with Gasteiger partial charge in [-0.25, -0.2) is 0 Å². The smallest absolute Gasteiger partial charge is 0.305 e. The molecule has 10 atom stereocenters. The number of aliphatic hydroxyl groups excluding tert-OH is 1. The first-order valence-electron chi connectivity index (χ1n) is 13.0. The van der Waals surface area contributed by atoms with E-state index in [0.29, 0.717) is 41.8 Å². The van der Waals surface area contributed by atoms with Crippen molar-refractivity contribution in [1.29, 1.82) is 0 Å². The number of ketones is 1. The number of hydrogen-bond acceptors (Lipinski definition) is 4. The van der Waals surface area contributed by atoms with Crippen molar-refractivity contribution in [2.75, 3.05) is 7.11 Å². The Balaban J connectivity index is 1.59. The normalized spacial score (nSPS) is 47.8. The van der Waals surface area contributed by atoms with Crippen LogP contribution in [0.1, 0.15) is 91.9 Å². The quantitative estimate of drug-likeness (QED) is 0.590. The van der Waals surface area contributed by atoms with Crippen LogP contribution >= 0.6 is 0 Å². The summed E-state index contributed by atoms with van der Waals surface area (Å²) in [7, 11) is 1.47. The molecule has 0 aromatic carbocycles. The number of Topliss-reactive ketones (excluding diaryl/α,β-unsaturated/α-hetero) is 1. The molecule has 0 amide bonds. The summed E-state index contributed by atoms with van der Waals surface area (Å²) >= 11 is 0. The molecule has 0 aliphatic heterocycles. The van der Waals surface area contributed by atoms with Gasteiger partial charge >= 0.3 is 5.97 Å². The van der Waals surface area contributed by atoms with Gasteiger partial charge in [0.15, 0.2) is 0 Å². The van der Waals surface area contributed by atoms with Crippen molar-refractivity contribution < 1.29 is 19.4 Å². The lowest BCUT2D eigenvalue weighted by atomic mass is 9.42. The van der Waals surface area contributed by atoms with Gasteiger partial charge in [-0.05, 0) is 98.2 Å². The zero-order chi connectivity index (χ0) is 22.6. The van der Waals surface area contributed by atoms with E-state index < -0.39 is 0 Å². The minimum absolute atomic E-state index is 0.109. The maximum atomic E-state index is 14.0. The minimum Gasteiger partial charge on any atom is -0.469 e. The van der Waals surface area contributed by atoms with Gasteiger partial charge in [-0.2, -0.15) is 0 Å². The third kappa shape index (κ3) is 3.60. The molecule has 31 heavy (non-hydrogen) atoms. The zero-order valence-electron chi connectivity index (χ0n) is 20.4. The van der Waals surface area contributed by atoms with Crippen LogP contribution in [0.25, 0.3) is 0 Å². The highest BCUT2D eigenvalue weighted by molar-refractivity contribution is 5.86. The van der Waals surface area contributed by atoms with Crippen molar-refractivity contribution >= 4 is 11.8 Å². The average Bonchev–Trinajstić information content (AvgIpc) is 3.10. The first kappa shape index (κ1) is 23.3. The van der Waals surface area contributed by atoms with E-state index in [1.165, 1.54) is 20.0 Å². The summed E-state index contributed by atoms with van der Waals surface area (Å²) in [6.45, 7) is 9.42. The molecule has 1 N–H and O–H groups in total. The summed E-state index contributed by atoms with van der Waals surface area (Å²) < 4.78 is 4.87. The molecule has 0 saturated heterocycles. The summed E-state index contributed by atoms with van der Waals surface area (Å²) in [5.74, 6) is 3.16. The number of aliphatic hydroxyl groups is 1. The highest BCUT2D eigenvalue weighted by Gasteiger charge is 2.65. The Morgan fingerprint density at radius 1 is 1.10 bits per heavy atom. The van der Waals surface area contributed by atoms with Gasteiger partial charge in [-0.3, -0.25) is 9.59 Å². The molecule has 0 aromatic rings. The highest BCUT2D eigenvalue weighted by atomic mass is 16.5. The molecule has 4 fully saturated rings. The molecule has 4 nitrogen and oxygen atoms in total. The highest BCUT2D eigenvalue weighted by Crippen LogP contribution is 2.68. The minimum atomic E-state index is -0.225. The van der Waals surface area contributed by atoms with Gasteiger partial charge in [0, 0.05) is 18.3 Å². The van der Waals surface area contributed by atoms with E-state index in [-0.39, 0.29) is 34.7 Å². The van der Waals surface area contributed by atoms with Crippen LogP contribution in [0.15, 0.2) is 0 Å². The van der Waals surface area contributed by atoms with Crippen LogP contribution in [-0.2, 0) is 14.3 Å². The van der Waals surface area contributed by atoms with Crippen LogP contribution in [0.2, 0.25) is 0 Å². The van der Waals surface area contributed by atoms with Gasteiger partial charge in [0.05, 0.1) is 13.2 Å². The van der Waals surface area contributed by atoms with E-state index >= 15 is 0 Å². The van der Waals surface area contributed by atoms with Crippen LogP contribution in [0.4, 0.5) is 0 Å². The Labute approximate surface area is 188 Å². The van der Waals surface area contributed by atoms with Crippen molar-refractivity contribution in [3.8, 4) is 0 Å². The number of rotatable bonds is 5. The second kappa shape index (κ2) is 8.47. The molecular weight excluding hydrogens is 388 g/mol. The van der Waals surface area contributed by atoms with Crippen LogP contribution in [0, 0.1) is 52.3 Å². The van der Waals surface area contributed by atoms with Crippen LogP contribution in [0.3, 0.4) is 0 Å². The van der Waals surface area contributed by atoms with E-state index in [2.05, 4.69) is 27.7 Å². The largest absolute Gasteiger partial charge is 0.469 e. The molecule has 0 radical (unpaired) electrons. The fourth-order valence-corrected chi connectivity index (χ4v) is 9.26. The topological polar surface area (TPSA) is 63.6 Å². The third-order valence-corrected chi connectivity index (χ3v) is 10.9. The molecule has 4 heteroatoms. The predicted octanol–water partition coefficient (Wildman–Crippen LogP) is 5.41. The van der Waals surface area contributed by atoms with Crippen molar-refractivity contribution in [2.45, 2.75) is 98.0 Å². The second-order valence-corrected chi connectivity index (χ2v) is 12.0. The van der Waals surface area contributed by atoms with Crippen molar-refractivity contribution in [3.05, 3.63) is 0 Å². The number of fused-ring (bicyclic) bond motifs is 5. The van der Waals surface area contributed by atoms with E-state index in [0.717, 1.165) is 44.9 Å². The molecule has 4 aliphatic carbocycles. The fraction of sp³-hybridized carbons (Fsp3) is 0.926. The summed E-state index contributed by atoms with van der Waals surface area (Å²) in [4.78, 5) is 25.7.